The molecule has 1 aliphatic rings. The highest BCUT2D eigenvalue weighted by atomic mass is 16.5. The van der Waals surface area contributed by atoms with E-state index in [-0.39, 0.29) is 6.03 Å². The van der Waals surface area contributed by atoms with Crippen molar-refractivity contribution in [3.05, 3.63) is 30.3 Å². The topological polar surface area (TPSA) is 41.6 Å². The van der Waals surface area contributed by atoms with Crippen molar-refractivity contribution in [3.8, 4) is 5.75 Å². The van der Waals surface area contributed by atoms with Crippen LogP contribution < -0.4 is 10.1 Å². The normalized spacial score (nSPS) is 18.1. The maximum atomic E-state index is 11.8. The summed E-state index contributed by atoms with van der Waals surface area (Å²) >= 11 is 0. The molecule has 1 unspecified atom stereocenters. The van der Waals surface area contributed by atoms with Crippen LogP contribution in [0.15, 0.2) is 30.3 Å². The predicted molar refractivity (Wildman–Crippen MR) is 79.9 cm³/mol. The predicted octanol–water partition coefficient (Wildman–Crippen LogP) is 2.90. The van der Waals surface area contributed by atoms with Crippen LogP contribution in [0.2, 0.25) is 0 Å². The average Bonchev–Trinajstić information content (AvgIpc) is 2.95. The van der Waals surface area contributed by atoms with Crippen molar-refractivity contribution < 1.29 is 9.53 Å². The molecule has 1 saturated heterocycles. The number of amides is 2. The minimum Gasteiger partial charge on any atom is -0.494 e. The summed E-state index contributed by atoms with van der Waals surface area (Å²) in [5.74, 6) is 1.48. The van der Waals surface area contributed by atoms with Gasteiger partial charge in [-0.2, -0.15) is 0 Å². The van der Waals surface area contributed by atoms with E-state index in [2.05, 4.69) is 12.2 Å². The molecular weight excluding hydrogens is 252 g/mol. The fourth-order valence-electron chi connectivity index (χ4n) is 2.46. The molecule has 1 aromatic carbocycles. The smallest absolute Gasteiger partial charge is 0.317 e. The van der Waals surface area contributed by atoms with Gasteiger partial charge in [-0.05, 0) is 37.3 Å². The van der Waals surface area contributed by atoms with Crippen LogP contribution in [0.5, 0.6) is 5.75 Å². The molecule has 1 atom stereocenters. The zero-order chi connectivity index (χ0) is 14.2. The molecule has 0 saturated carbocycles. The SMILES string of the molecule is CCCNC(=O)N1CCC(CCOc2ccccc2)C1. The number of benzene rings is 1. The molecule has 0 aromatic heterocycles. The molecule has 1 heterocycles. The van der Waals surface area contributed by atoms with Gasteiger partial charge in [0.15, 0.2) is 0 Å². The van der Waals surface area contributed by atoms with Gasteiger partial charge in [0.25, 0.3) is 0 Å². The molecule has 2 amide bonds. The van der Waals surface area contributed by atoms with Crippen molar-refractivity contribution in [2.45, 2.75) is 26.2 Å². The standard InChI is InChI=1S/C16H24N2O2/c1-2-10-17-16(19)18-11-8-14(13-18)9-12-20-15-6-4-3-5-7-15/h3-7,14H,2,8-13H2,1H3,(H,17,19). The lowest BCUT2D eigenvalue weighted by molar-refractivity contribution is 0.205. The first-order chi connectivity index (χ1) is 9.79. The Balaban J connectivity index is 1.65. The summed E-state index contributed by atoms with van der Waals surface area (Å²) in [6, 6.07) is 9.96. The van der Waals surface area contributed by atoms with E-state index < -0.39 is 0 Å². The first kappa shape index (κ1) is 14.7. The number of nitrogens with zero attached hydrogens (tertiary/aromatic N) is 1. The Kier molecular flexibility index (Phi) is 5.71. The van der Waals surface area contributed by atoms with Crippen LogP contribution in [0.1, 0.15) is 26.2 Å². The second-order valence-electron chi connectivity index (χ2n) is 5.28. The summed E-state index contributed by atoms with van der Waals surface area (Å²) in [5.41, 5.74) is 0. The fraction of sp³-hybridized carbons (Fsp3) is 0.562. The van der Waals surface area contributed by atoms with E-state index in [1.165, 1.54) is 0 Å². The number of urea groups is 1. The van der Waals surface area contributed by atoms with Gasteiger partial charge in [-0.3, -0.25) is 0 Å². The lowest BCUT2D eigenvalue weighted by Gasteiger charge is -2.17. The summed E-state index contributed by atoms with van der Waals surface area (Å²) in [6.07, 6.45) is 3.07. The van der Waals surface area contributed by atoms with Crippen LogP contribution in [-0.2, 0) is 0 Å². The number of carbonyl (C=O) groups is 1. The third-order valence-corrected chi connectivity index (χ3v) is 3.64. The lowest BCUT2D eigenvalue weighted by Crippen LogP contribution is -2.38. The van der Waals surface area contributed by atoms with E-state index in [0.29, 0.717) is 5.92 Å². The molecule has 4 heteroatoms. The van der Waals surface area contributed by atoms with E-state index in [4.69, 9.17) is 4.74 Å². The van der Waals surface area contributed by atoms with Gasteiger partial charge < -0.3 is 15.0 Å². The Hall–Kier alpha value is -1.71. The molecule has 1 fully saturated rings. The second-order valence-corrected chi connectivity index (χ2v) is 5.28. The molecule has 1 aliphatic heterocycles. The highest BCUT2D eigenvalue weighted by Crippen LogP contribution is 2.20. The van der Waals surface area contributed by atoms with Crippen molar-refractivity contribution in [3.63, 3.8) is 0 Å². The van der Waals surface area contributed by atoms with Crippen LogP contribution >= 0.6 is 0 Å². The molecule has 0 radical (unpaired) electrons. The van der Waals surface area contributed by atoms with Gasteiger partial charge in [-0.25, -0.2) is 4.79 Å². The van der Waals surface area contributed by atoms with Crippen molar-refractivity contribution in [2.75, 3.05) is 26.2 Å². The molecular formula is C16H24N2O2. The third kappa shape index (κ3) is 4.44. The van der Waals surface area contributed by atoms with Gasteiger partial charge in [0.2, 0.25) is 0 Å². The molecule has 0 spiro atoms. The minimum atomic E-state index is 0.0818. The van der Waals surface area contributed by atoms with E-state index in [9.17, 15) is 4.79 Å². The third-order valence-electron chi connectivity index (χ3n) is 3.64. The number of likely N-dealkylation sites (tertiary alicyclic amines) is 1. The number of ether oxygens (including phenoxy) is 1. The summed E-state index contributed by atoms with van der Waals surface area (Å²) in [5, 5.41) is 2.93. The molecule has 0 aliphatic carbocycles. The van der Waals surface area contributed by atoms with Crippen LogP contribution in [0.25, 0.3) is 0 Å². The van der Waals surface area contributed by atoms with Crippen LogP contribution in [0.3, 0.4) is 0 Å². The summed E-state index contributed by atoms with van der Waals surface area (Å²) in [7, 11) is 0. The lowest BCUT2D eigenvalue weighted by atomic mass is 10.1. The molecule has 110 valence electrons. The maximum absolute atomic E-state index is 11.8. The molecule has 1 N–H and O–H groups in total. The Morgan fingerprint density at radius 3 is 2.95 bits per heavy atom. The minimum absolute atomic E-state index is 0.0818. The van der Waals surface area contributed by atoms with E-state index in [1.54, 1.807) is 0 Å². The van der Waals surface area contributed by atoms with Gasteiger partial charge in [0.05, 0.1) is 6.61 Å². The number of rotatable bonds is 6. The van der Waals surface area contributed by atoms with Gasteiger partial charge in [-0.15, -0.1) is 0 Å². The second kappa shape index (κ2) is 7.78. The fourth-order valence-corrected chi connectivity index (χ4v) is 2.46. The van der Waals surface area contributed by atoms with Crippen molar-refractivity contribution in [1.82, 2.24) is 10.2 Å². The molecule has 4 nitrogen and oxygen atoms in total. The number of nitrogens with one attached hydrogen (secondary N) is 1. The summed E-state index contributed by atoms with van der Waals surface area (Å²) in [4.78, 5) is 13.7. The highest BCUT2D eigenvalue weighted by molar-refractivity contribution is 5.74. The van der Waals surface area contributed by atoms with Gasteiger partial charge in [0, 0.05) is 19.6 Å². The molecule has 0 bridgehead atoms. The van der Waals surface area contributed by atoms with Crippen molar-refractivity contribution in [2.24, 2.45) is 5.92 Å². The number of carbonyl (C=O) groups excluding carboxylic acids is 1. The Labute approximate surface area is 121 Å². The first-order valence-corrected chi connectivity index (χ1v) is 7.50. The van der Waals surface area contributed by atoms with E-state index in [0.717, 1.165) is 51.3 Å². The number of para-hydroxylation sites is 1. The largest absolute Gasteiger partial charge is 0.494 e. The van der Waals surface area contributed by atoms with Crippen molar-refractivity contribution >= 4 is 6.03 Å². The molecule has 2 rings (SSSR count). The van der Waals surface area contributed by atoms with Crippen LogP contribution in [0.4, 0.5) is 4.79 Å². The van der Waals surface area contributed by atoms with Gasteiger partial charge in [0.1, 0.15) is 5.75 Å². The number of hydrogen-bond acceptors (Lipinski definition) is 2. The zero-order valence-electron chi connectivity index (χ0n) is 12.2. The Morgan fingerprint density at radius 2 is 2.20 bits per heavy atom. The Bertz CT molecular complexity index is 408. The first-order valence-electron chi connectivity index (χ1n) is 7.50. The summed E-state index contributed by atoms with van der Waals surface area (Å²) < 4.78 is 5.71. The van der Waals surface area contributed by atoms with Gasteiger partial charge in [-0.1, -0.05) is 25.1 Å². The maximum Gasteiger partial charge on any atom is 0.317 e. The summed E-state index contributed by atoms with van der Waals surface area (Å²) in [6.45, 7) is 5.27. The van der Waals surface area contributed by atoms with Crippen molar-refractivity contribution in [1.29, 1.82) is 0 Å². The average molecular weight is 276 g/mol. The quantitative estimate of drug-likeness (QED) is 0.868. The van der Waals surface area contributed by atoms with Gasteiger partial charge >= 0.3 is 6.03 Å². The van der Waals surface area contributed by atoms with E-state index in [1.807, 2.05) is 35.2 Å². The highest BCUT2D eigenvalue weighted by Gasteiger charge is 2.25. The monoisotopic (exact) mass is 276 g/mol. The van der Waals surface area contributed by atoms with Crippen LogP contribution in [0, 0.1) is 5.92 Å². The molecule has 20 heavy (non-hydrogen) atoms. The number of hydrogen-bond donors (Lipinski definition) is 1. The molecule has 1 aromatic rings. The Morgan fingerprint density at radius 1 is 1.40 bits per heavy atom. The van der Waals surface area contributed by atoms with Crippen LogP contribution in [-0.4, -0.2) is 37.2 Å². The van der Waals surface area contributed by atoms with E-state index >= 15 is 0 Å². The zero-order valence-corrected chi connectivity index (χ0v) is 12.2.